The molecule has 5 rings (SSSR count). The van der Waals surface area contributed by atoms with E-state index in [4.69, 9.17) is 18.9 Å². The first-order valence-electron chi connectivity index (χ1n) is 10.5. The highest BCUT2D eigenvalue weighted by Crippen LogP contribution is 2.39. The van der Waals surface area contributed by atoms with Crippen molar-refractivity contribution >= 4 is 22.0 Å². The fraction of sp³-hybridized carbons (Fsp3) is 0.200. The first kappa shape index (κ1) is 21.4. The molecule has 0 saturated heterocycles. The Labute approximate surface area is 193 Å². The predicted molar refractivity (Wildman–Crippen MR) is 123 cm³/mol. The van der Waals surface area contributed by atoms with E-state index in [-0.39, 0.29) is 17.8 Å². The number of hydrogen-bond acceptors (Lipinski definition) is 8. The molecule has 2 aromatic carbocycles. The third-order valence-electron chi connectivity index (χ3n) is 5.86. The number of nitrogens with zero attached hydrogens (tertiary/aromatic N) is 4. The SMILES string of the molecule is COc1cc2c(cc1-c1c(C)noc1C)nc(CO)c1oc(=O)n(Cc3ccc(C#N)cc3)c12. The molecule has 9 heteroatoms. The summed E-state index contributed by atoms with van der Waals surface area (Å²) in [7, 11) is 1.56. The van der Waals surface area contributed by atoms with Gasteiger partial charge in [0.25, 0.3) is 0 Å². The average Bonchev–Trinajstić information content (AvgIpc) is 3.36. The van der Waals surface area contributed by atoms with Gasteiger partial charge in [0, 0.05) is 10.9 Å². The number of methoxy groups -OCH3 is 1. The third-order valence-corrected chi connectivity index (χ3v) is 5.86. The minimum absolute atomic E-state index is 0.218. The lowest BCUT2D eigenvalue weighted by atomic mass is 10.00. The normalized spacial score (nSPS) is 11.3. The fourth-order valence-corrected chi connectivity index (χ4v) is 4.26. The average molecular weight is 456 g/mol. The first-order valence-corrected chi connectivity index (χ1v) is 10.5. The summed E-state index contributed by atoms with van der Waals surface area (Å²) in [6.45, 7) is 3.48. The van der Waals surface area contributed by atoms with Crippen LogP contribution in [0, 0.1) is 25.2 Å². The highest BCUT2D eigenvalue weighted by atomic mass is 16.5. The van der Waals surface area contributed by atoms with Crippen LogP contribution in [0.3, 0.4) is 0 Å². The maximum Gasteiger partial charge on any atom is 0.420 e. The standard InChI is InChI=1S/C25H20N4O5/c1-13-22(14(2)34-28-13)18-8-19-17(9-21(18)32-3)23-24(20(12-30)27-19)33-25(31)29(23)11-16-6-4-15(10-26)5-7-16/h4-9,30H,11-12H2,1-3H3. The molecule has 0 saturated carbocycles. The molecule has 0 aliphatic rings. The molecule has 0 unspecified atom stereocenters. The molecule has 34 heavy (non-hydrogen) atoms. The fourth-order valence-electron chi connectivity index (χ4n) is 4.26. The predicted octanol–water partition coefficient (Wildman–Crippen LogP) is 3.84. The molecular formula is C25H20N4O5. The summed E-state index contributed by atoms with van der Waals surface area (Å²) in [6, 6.07) is 12.7. The smallest absolute Gasteiger partial charge is 0.420 e. The van der Waals surface area contributed by atoms with E-state index in [1.54, 1.807) is 37.4 Å². The van der Waals surface area contributed by atoms with Gasteiger partial charge >= 0.3 is 5.76 Å². The molecule has 0 bridgehead atoms. The third kappa shape index (κ3) is 3.32. The Morgan fingerprint density at radius 2 is 1.97 bits per heavy atom. The summed E-state index contributed by atoms with van der Waals surface area (Å²) in [5.74, 6) is 0.622. The number of fused-ring (bicyclic) bond motifs is 3. The zero-order valence-corrected chi connectivity index (χ0v) is 18.7. The Hall–Kier alpha value is -4.42. The molecule has 9 nitrogen and oxygen atoms in total. The van der Waals surface area contributed by atoms with Gasteiger partial charge in [-0.1, -0.05) is 17.3 Å². The van der Waals surface area contributed by atoms with Crippen LogP contribution in [-0.2, 0) is 13.2 Å². The van der Waals surface area contributed by atoms with Crippen LogP contribution in [0.1, 0.15) is 28.3 Å². The molecule has 3 heterocycles. The second kappa shape index (κ2) is 8.17. The number of oxazole rings is 1. The molecule has 0 radical (unpaired) electrons. The Balaban J connectivity index is 1.80. The Bertz CT molecular complexity index is 1630. The molecule has 5 aromatic rings. The van der Waals surface area contributed by atoms with Gasteiger partial charge in [-0.15, -0.1) is 0 Å². The molecule has 0 amide bonds. The molecule has 3 aromatic heterocycles. The van der Waals surface area contributed by atoms with Crippen molar-refractivity contribution in [3.8, 4) is 22.9 Å². The van der Waals surface area contributed by atoms with Crippen molar-refractivity contribution in [2.24, 2.45) is 0 Å². The van der Waals surface area contributed by atoms with Crippen LogP contribution in [0.5, 0.6) is 5.75 Å². The molecule has 0 fully saturated rings. The van der Waals surface area contributed by atoms with Gasteiger partial charge in [0.2, 0.25) is 0 Å². The minimum atomic E-state index is -0.572. The van der Waals surface area contributed by atoms with Gasteiger partial charge in [-0.25, -0.2) is 9.78 Å². The number of rotatable bonds is 5. The number of aryl methyl sites for hydroxylation is 2. The maximum atomic E-state index is 12.9. The van der Waals surface area contributed by atoms with E-state index >= 15 is 0 Å². The largest absolute Gasteiger partial charge is 0.496 e. The van der Waals surface area contributed by atoms with Gasteiger partial charge in [0.1, 0.15) is 22.7 Å². The summed E-state index contributed by atoms with van der Waals surface area (Å²) in [5.41, 5.74) is 5.14. The van der Waals surface area contributed by atoms with E-state index in [0.717, 1.165) is 16.7 Å². The number of benzene rings is 2. The van der Waals surface area contributed by atoms with Crippen molar-refractivity contribution in [1.29, 1.82) is 5.26 Å². The molecule has 0 atom stereocenters. The Morgan fingerprint density at radius 3 is 2.59 bits per heavy atom. The summed E-state index contributed by atoms with van der Waals surface area (Å²) >= 11 is 0. The molecular weight excluding hydrogens is 436 g/mol. The van der Waals surface area contributed by atoms with E-state index in [1.165, 1.54) is 4.57 Å². The lowest BCUT2D eigenvalue weighted by Gasteiger charge is -2.12. The van der Waals surface area contributed by atoms with E-state index in [1.807, 2.05) is 19.9 Å². The minimum Gasteiger partial charge on any atom is -0.496 e. The summed E-state index contributed by atoms with van der Waals surface area (Å²) in [4.78, 5) is 17.4. The quantitative estimate of drug-likeness (QED) is 0.423. The van der Waals surface area contributed by atoms with Crippen LogP contribution >= 0.6 is 0 Å². The van der Waals surface area contributed by atoms with Crippen LogP contribution < -0.4 is 10.5 Å². The topological polar surface area (TPSA) is 127 Å². The highest BCUT2D eigenvalue weighted by Gasteiger charge is 2.22. The van der Waals surface area contributed by atoms with Gasteiger partial charge in [0.05, 0.1) is 48.7 Å². The number of aliphatic hydroxyl groups excluding tert-OH is 1. The molecule has 0 aliphatic heterocycles. The van der Waals surface area contributed by atoms with Gasteiger partial charge in [-0.05, 0) is 43.7 Å². The zero-order valence-electron chi connectivity index (χ0n) is 18.7. The van der Waals surface area contributed by atoms with Crippen LogP contribution in [0.15, 0.2) is 50.1 Å². The second-order valence-corrected chi connectivity index (χ2v) is 7.93. The van der Waals surface area contributed by atoms with E-state index in [0.29, 0.717) is 39.2 Å². The molecule has 0 spiro atoms. The molecule has 0 aliphatic carbocycles. The van der Waals surface area contributed by atoms with E-state index in [2.05, 4.69) is 16.2 Å². The molecule has 170 valence electrons. The monoisotopic (exact) mass is 456 g/mol. The highest BCUT2D eigenvalue weighted by molar-refractivity contribution is 6.05. The van der Waals surface area contributed by atoms with Crippen molar-refractivity contribution in [3.05, 3.63) is 75.2 Å². The van der Waals surface area contributed by atoms with E-state index in [9.17, 15) is 9.90 Å². The lowest BCUT2D eigenvalue weighted by molar-refractivity contribution is 0.277. The first-order chi connectivity index (χ1) is 16.4. The van der Waals surface area contributed by atoms with Crippen molar-refractivity contribution in [2.75, 3.05) is 7.11 Å². The van der Waals surface area contributed by atoms with Gasteiger partial charge in [-0.3, -0.25) is 4.57 Å². The summed E-state index contributed by atoms with van der Waals surface area (Å²) in [6.07, 6.45) is 0. The number of aromatic nitrogens is 3. The van der Waals surface area contributed by atoms with Crippen LogP contribution in [0.2, 0.25) is 0 Å². The van der Waals surface area contributed by atoms with Crippen LogP contribution in [-0.4, -0.2) is 26.9 Å². The number of pyridine rings is 1. The zero-order chi connectivity index (χ0) is 24.0. The Morgan fingerprint density at radius 1 is 1.21 bits per heavy atom. The van der Waals surface area contributed by atoms with Gasteiger partial charge < -0.3 is 18.8 Å². The van der Waals surface area contributed by atoms with Crippen molar-refractivity contribution in [2.45, 2.75) is 27.0 Å². The molecule has 1 N–H and O–H groups in total. The second-order valence-electron chi connectivity index (χ2n) is 7.93. The van der Waals surface area contributed by atoms with Gasteiger partial charge in [0.15, 0.2) is 5.58 Å². The number of hydrogen-bond donors (Lipinski definition) is 1. The number of ether oxygens (including phenoxy) is 1. The van der Waals surface area contributed by atoms with Crippen LogP contribution in [0.25, 0.3) is 33.1 Å². The summed E-state index contributed by atoms with van der Waals surface area (Å²) < 4.78 is 18.0. The van der Waals surface area contributed by atoms with Gasteiger partial charge in [-0.2, -0.15) is 5.26 Å². The lowest BCUT2D eigenvalue weighted by Crippen LogP contribution is -2.15. The van der Waals surface area contributed by atoms with Crippen molar-refractivity contribution < 1.29 is 18.8 Å². The summed E-state index contributed by atoms with van der Waals surface area (Å²) in [5, 5.41) is 23.7. The van der Waals surface area contributed by atoms with E-state index < -0.39 is 12.4 Å². The van der Waals surface area contributed by atoms with Crippen molar-refractivity contribution in [3.63, 3.8) is 0 Å². The number of aliphatic hydroxyl groups is 1. The van der Waals surface area contributed by atoms with Crippen molar-refractivity contribution in [1.82, 2.24) is 14.7 Å². The Kier molecular flexibility index (Phi) is 5.15. The van der Waals surface area contributed by atoms with Crippen LogP contribution in [0.4, 0.5) is 0 Å². The number of nitriles is 1. The maximum absolute atomic E-state index is 12.9.